The Hall–Kier alpha value is -2.56. The Morgan fingerprint density at radius 2 is 1.88 bits per heavy atom. The number of rotatable bonds is 8. The quantitative estimate of drug-likeness (QED) is 0.444. The average molecular weight is 326 g/mol. The van der Waals surface area contributed by atoms with Gasteiger partial charge in [0, 0.05) is 31.9 Å². The van der Waals surface area contributed by atoms with E-state index in [1.807, 2.05) is 30.3 Å². The molecule has 0 spiro atoms. The van der Waals surface area contributed by atoms with E-state index >= 15 is 0 Å². The summed E-state index contributed by atoms with van der Waals surface area (Å²) in [4.78, 5) is 8.58. The SMILES string of the molecule is CCCCOc1ncccc1CNC(=NC)NCc1ccccc1. The molecule has 2 aromatic rings. The van der Waals surface area contributed by atoms with Gasteiger partial charge in [0.1, 0.15) is 0 Å². The topological polar surface area (TPSA) is 58.5 Å². The fourth-order valence-electron chi connectivity index (χ4n) is 2.18. The molecule has 0 aliphatic carbocycles. The number of aliphatic imine (C=N–C) groups is 1. The normalized spacial score (nSPS) is 11.2. The molecule has 1 aromatic heterocycles. The van der Waals surface area contributed by atoms with Gasteiger partial charge < -0.3 is 15.4 Å². The number of unbranched alkanes of at least 4 members (excludes halogenated alkanes) is 1. The van der Waals surface area contributed by atoms with Gasteiger partial charge in [-0.15, -0.1) is 0 Å². The number of hydrogen-bond acceptors (Lipinski definition) is 3. The lowest BCUT2D eigenvalue weighted by molar-refractivity contribution is 0.294. The minimum absolute atomic E-state index is 0.615. The van der Waals surface area contributed by atoms with Crippen molar-refractivity contribution in [2.75, 3.05) is 13.7 Å². The third-order valence-electron chi connectivity index (χ3n) is 3.56. The monoisotopic (exact) mass is 326 g/mol. The first-order valence-electron chi connectivity index (χ1n) is 8.38. The van der Waals surface area contributed by atoms with Crippen LogP contribution in [0.15, 0.2) is 53.7 Å². The molecule has 0 bridgehead atoms. The molecule has 0 amide bonds. The van der Waals surface area contributed by atoms with Gasteiger partial charge >= 0.3 is 0 Å². The van der Waals surface area contributed by atoms with Crippen LogP contribution in [-0.4, -0.2) is 24.6 Å². The first-order chi connectivity index (χ1) is 11.8. The molecule has 24 heavy (non-hydrogen) atoms. The number of nitrogens with one attached hydrogen (secondary N) is 2. The number of aromatic nitrogens is 1. The van der Waals surface area contributed by atoms with Gasteiger partial charge in [-0.2, -0.15) is 0 Å². The van der Waals surface area contributed by atoms with Crippen LogP contribution in [-0.2, 0) is 13.1 Å². The van der Waals surface area contributed by atoms with Crippen molar-refractivity contribution in [2.45, 2.75) is 32.9 Å². The molecule has 0 atom stereocenters. The van der Waals surface area contributed by atoms with Crippen molar-refractivity contribution < 1.29 is 4.74 Å². The molecule has 0 saturated carbocycles. The predicted molar refractivity (Wildman–Crippen MR) is 98.1 cm³/mol. The Morgan fingerprint density at radius 1 is 1.08 bits per heavy atom. The second kappa shape index (κ2) is 10.3. The summed E-state index contributed by atoms with van der Waals surface area (Å²) < 4.78 is 5.76. The van der Waals surface area contributed by atoms with Crippen LogP contribution in [0.3, 0.4) is 0 Å². The standard InChI is InChI=1S/C19H26N4O/c1-3-4-13-24-18-17(11-8-12-21-18)15-23-19(20-2)22-14-16-9-6-5-7-10-16/h5-12H,3-4,13-15H2,1-2H3,(H2,20,22,23). The van der Waals surface area contributed by atoms with Crippen molar-refractivity contribution >= 4 is 5.96 Å². The maximum absolute atomic E-state index is 5.76. The molecular formula is C19H26N4O. The van der Waals surface area contributed by atoms with E-state index in [0.29, 0.717) is 19.0 Å². The van der Waals surface area contributed by atoms with Crippen molar-refractivity contribution in [3.8, 4) is 5.88 Å². The first kappa shape index (κ1) is 17.8. The third kappa shape index (κ3) is 5.91. The largest absolute Gasteiger partial charge is 0.477 e. The maximum atomic E-state index is 5.76. The van der Waals surface area contributed by atoms with E-state index in [1.165, 1.54) is 5.56 Å². The fourth-order valence-corrected chi connectivity index (χ4v) is 2.18. The molecule has 0 saturated heterocycles. The van der Waals surface area contributed by atoms with Crippen molar-refractivity contribution in [1.82, 2.24) is 15.6 Å². The number of nitrogens with zero attached hydrogens (tertiary/aromatic N) is 2. The van der Waals surface area contributed by atoms with E-state index < -0.39 is 0 Å². The summed E-state index contributed by atoms with van der Waals surface area (Å²) in [7, 11) is 1.77. The van der Waals surface area contributed by atoms with Crippen LogP contribution < -0.4 is 15.4 Å². The molecular weight excluding hydrogens is 300 g/mol. The Balaban J connectivity index is 1.86. The van der Waals surface area contributed by atoms with E-state index in [-0.39, 0.29) is 0 Å². The highest BCUT2D eigenvalue weighted by atomic mass is 16.5. The van der Waals surface area contributed by atoms with Crippen LogP contribution in [0.25, 0.3) is 0 Å². The molecule has 5 heteroatoms. The van der Waals surface area contributed by atoms with Crippen molar-refractivity contribution in [3.63, 3.8) is 0 Å². The van der Waals surface area contributed by atoms with Crippen molar-refractivity contribution in [3.05, 3.63) is 59.8 Å². The number of benzene rings is 1. The number of ether oxygens (including phenoxy) is 1. The summed E-state index contributed by atoms with van der Waals surface area (Å²) in [6.45, 7) is 4.19. The Bertz CT molecular complexity index is 628. The highest BCUT2D eigenvalue weighted by molar-refractivity contribution is 5.79. The minimum atomic E-state index is 0.615. The lowest BCUT2D eigenvalue weighted by atomic mass is 10.2. The highest BCUT2D eigenvalue weighted by Gasteiger charge is 2.06. The van der Waals surface area contributed by atoms with Gasteiger partial charge in [0.25, 0.3) is 0 Å². The second-order valence-corrected chi connectivity index (χ2v) is 5.43. The summed E-state index contributed by atoms with van der Waals surface area (Å²) in [6.07, 6.45) is 3.90. The van der Waals surface area contributed by atoms with Crippen LogP contribution in [0.1, 0.15) is 30.9 Å². The number of pyridine rings is 1. The average Bonchev–Trinajstić information content (AvgIpc) is 2.64. The molecule has 0 fully saturated rings. The molecule has 0 unspecified atom stereocenters. The number of hydrogen-bond donors (Lipinski definition) is 2. The number of guanidine groups is 1. The van der Waals surface area contributed by atoms with E-state index in [4.69, 9.17) is 4.74 Å². The molecule has 2 N–H and O–H groups in total. The molecule has 2 rings (SSSR count). The molecule has 128 valence electrons. The molecule has 1 aromatic carbocycles. The van der Waals surface area contributed by atoms with Gasteiger partial charge in [-0.05, 0) is 18.1 Å². The van der Waals surface area contributed by atoms with Crippen LogP contribution in [0.4, 0.5) is 0 Å². The predicted octanol–water partition coefficient (Wildman–Crippen LogP) is 3.13. The van der Waals surface area contributed by atoms with E-state index in [2.05, 4.69) is 39.7 Å². The Kier molecular flexibility index (Phi) is 7.60. The second-order valence-electron chi connectivity index (χ2n) is 5.43. The van der Waals surface area contributed by atoms with Gasteiger partial charge in [0.2, 0.25) is 5.88 Å². The van der Waals surface area contributed by atoms with Gasteiger partial charge in [-0.1, -0.05) is 49.7 Å². The Morgan fingerprint density at radius 3 is 2.62 bits per heavy atom. The fraction of sp³-hybridized carbons (Fsp3) is 0.368. The zero-order chi connectivity index (χ0) is 17.0. The van der Waals surface area contributed by atoms with Crippen LogP contribution >= 0.6 is 0 Å². The van der Waals surface area contributed by atoms with Crippen molar-refractivity contribution in [1.29, 1.82) is 0 Å². The van der Waals surface area contributed by atoms with Crippen LogP contribution in [0.2, 0.25) is 0 Å². The summed E-state index contributed by atoms with van der Waals surface area (Å²) in [6, 6.07) is 14.2. The van der Waals surface area contributed by atoms with Gasteiger partial charge in [-0.3, -0.25) is 4.99 Å². The lowest BCUT2D eigenvalue weighted by Crippen LogP contribution is -2.36. The smallest absolute Gasteiger partial charge is 0.218 e. The molecule has 0 aliphatic rings. The molecule has 1 heterocycles. The summed E-state index contributed by atoms with van der Waals surface area (Å²) in [5.74, 6) is 1.44. The van der Waals surface area contributed by atoms with Gasteiger partial charge in [0.15, 0.2) is 5.96 Å². The van der Waals surface area contributed by atoms with E-state index in [1.54, 1.807) is 13.2 Å². The van der Waals surface area contributed by atoms with Gasteiger partial charge in [0.05, 0.1) is 6.61 Å². The van der Waals surface area contributed by atoms with Gasteiger partial charge in [-0.25, -0.2) is 4.98 Å². The zero-order valence-corrected chi connectivity index (χ0v) is 14.5. The maximum Gasteiger partial charge on any atom is 0.218 e. The minimum Gasteiger partial charge on any atom is -0.477 e. The highest BCUT2D eigenvalue weighted by Crippen LogP contribution is 2.14. The Labute approximate surface area is 144 Å². The summed E-state index contributed by atoms with van der Waals surface area (Å²) >= 11 is 0. The van der Waals surface area contributed by atoms with E-state index in [0.717, 1.165) is 30.9 Å². The first-order valence-corrected chi connectivity index (χ1v) is 8.38. The molecule has 0 radical (unpaired) electrons. The van der Waals surface area contributed by atoms with Crippen LogP contribution in [0, 0.1) is 0 Å². The third-order valence-corrected chi connectivity index (χ3v) is 3.56. The molecule has 5 nitrogen and oxygen atoms in total. The molecule has 0 aliphatic heterocycles. The summed E-state index contributed by atoms with van der Waals surface area (Å²) in [5.41, 5.74) is 2.24. The van der Waals surface area contributed by atoms with Crippen molar-refractivity contribution in [2.24, 2.45) is 4.99 Å². The van der Waals surface area contributed by atoms with E-state index in [9.17, 15) is 0 Å². The lowest BCUT2D eigenvalue weighted by Gasteiger charge is -2.14. The zero-order valence-electron chi connectivity index (χ0n) is 14.5. The summed E-state index contributed by atoms with van der Waals surface area (Å²) in [5, 5.41) is 6.61. The van der Waals surface area contributed by atoms with Crippen LogP contribution in [0.5, 0.6) is 5.88 Å².